The summed E-state index contributed by atoms with van der Waals surface area (Å²) in [5.74, 6) is -2.15. The van der Waals surface area contributed by atoms with E-state index in [0.29, 0.717) is 17.2 Å². The van der Waals surface area contributed by atoms with E-state index < -0.39 is 23.5 Å². The molecule has 0 radical (unpaired) electrons. The molecule has 2 rings (SSSR count). The summed E-state index contributed by atoms with van der Waals surface area (Å²) in [4.78, 5) is 11.4. The number of alkyl halides is 3. The first-order valence-corrected chi connectivity index (χ1v) is 8.01. The van der Waals surface area contributed by atoms with Crippen LogP contribution in [0.1, 0.15) is 22.3 Å². The molecule has 0 aromatic heterocycles. The minimum atomic E-state index is -4.68. The van der Waals surface area contributed by atoms with Crippen LogP contribution in [0, 0.1) is 5.82 Å². The van der Waals surface area contributed by atoms with Crippen molar-refractivity contribution in [3.63, 3.8) is 0 Å². The zero-order valence-corrected chi connectivity index (χ0v) is 14.7. The Kier molecular flexibility index (Phi) is 6.76. The van der Waals surface area contributed by atoms with E-state index in [-0.39, 0.29) is 11.1 Å². The van der Waals surface area contributed by atoms with Gasteiger partial charge in [-0.15, -0.1) is 0 Å². The second kappa shape index (κ2) is 9.03. The molecule has 1 N–H and O–H groups in total. The zero-order valence-electron chi connectivity index (χ0n) is 14.7. The van der Waals surface area contributed by atoms with E-state index >= 15 is 0 Å². The second-order valence-corrected chi connectivity index (χ2v) is 5.61. The van der Waals surface area contributed by atoms with Crippen LogP contribution in [0.25, 0.3) is 17.7 Å². The number of allylic oxidation sites excluding steroid dienone is 2. The molecule has 7 heteroatoms. The Hall–Kier alpha value is -3.35. The SMILES string of the molecule is CO/C=C(/C(=O)O)c1ccccc1/C=C/C=C/c1ccc(F)cc1C(F)(F)F. The number of halogens is 4. The highest BCUT2D eigenvalue weighted by Gasteiger charge is 2.33. The van der Waals surface area contributed by atoms with Crippen LogP contribution in [-0.4, -0.2) is 18.2 Å². The van der Waals surface area contributed by atoms with Crippen molar-refractivity contribution in [2.75, 3.05) is 7.11 Å². The van der Waals surface area contributed by atoms with Gasteiger partial charge >= 0.3 is 12.1 Å². The van der Waals surface area contributed by atoms with Gasteiger partial charge in [0.1, 0.15) is 11.4 Å². The average Bonchev–Trinajstić information content (AvgIpc) is 2.63. The van der Waals surface area contributed by atoms with E-state index in [9.17, 15) is 27.5 Å². The lowest BCUT2D eigenvalue weighted by Crippen LogP contribution is -2.07. The highest BCUT2D eigenvalue weighted by molar-refractivity contribution is 6.16. The van der Waals surface area contributed by atoms with Crippen LogP contribution < -0.4 is 0 Å². The molecule has 0 saturated carbocycles. The van der Waals surface area contributed by atoms with Gasteiger partial charge in [0.05, 0.1) is 18.9 Å². The van der Waals surface area contributed by atoms with Crippen molar-refractivity contribution in [1.82, 2.24) is 0 Å². The molecule has 0 fully saturated rings. The third-order valence-corrected chi connectivity index (χ3v) is 3.70. The molecule has 0 spiro atoms. The van der Waals surface area contributed by atoms with Crippen molar-refractivity contribution in [1.29, 1.82) is 0 Å². The first-order valence-electron chi connectivity index (χ1n) is 8.01. The molecule has 0 amide bonds. The number of hydrogen-bond acceptors (Lipinski definition) is 2. The molecule has 0 unspecified atom stereocenters. The Morgan fingerprint density at radius 3 is 2.29 bits per heavy atom. The van der Waals surface area contributed by atoms with Gasteiger partial charge < -0.3 is 9.84 Å². The molecule has 28 heavy (non-hydrogen) atoms. The van der Waals surface area contributed by atoms with Gasteiger partial charge in [0, 0.05) is 0 Å². The summed E-state index contributed by atoms with van der Waals surface area (Å²) in [6, 6.07) is 9.02. The molecule has 146 valence electrons. The Morgan fingerprint density at radius 1 is 1.04 bits per heavy atom. The third kappa shape index (κ3) is 5.33. The van der Waals surface area contributed by atoms with Gasteiger partial charge in [-0.3, -0.25) is 0 Å². The fraction of sp³-hybridized carbons (Fsp3) is 0.0952. The summed E-state index contributed by atoms with van der Waals surface area (Å²) < 4.78 is 56.9. The summed E-state index contributed by atoms with van der Waals surface area (Å²) >= 11 is 0. The number of aliphatic carboxylic acids is 1. The number of methoxy groups -OCH3 is 1. The molecule has 3 nitrogen and oxygen atoms in total. The van der Waals surface area contributed by atoms with Crippen molar-refractivity contribution >= 4 is 23.7 Å². The molecule has 0 aliphatic carbocycles. The maximum Gasteiger partial charge on any atom is 0.417 e. The van der Waals surface area contributed by atoms with Crippen LogP contribution in [0.3, 0.4) is 0 Å². The van der Waals surface area contributed by atoms with Gasteiger partial charge in [0.2, 0.25) is 0 Å². The van der Waals surface area contributed by atoms with E-state index in [1.54, 1.807) is 30.3 Å². The predicted molar refractivity (Wildman–Crippen MR) is 98.5 cm³/mol. The van der Waals surface area contributed by atoms with E-state index in [4.69, 9.17) is 4.74 Å². The molecule has 0 heterocycles. The van der Waals surface area contributed by atoms with Crippen LogP contribution in [0.2, 0.25) is 0 Å². The smallest absolute Gasteiger partial charge is 0.417 e. The molecule has 0 aliphatic rings. The van der Waals surface area contributed by atoms with Gasteiger partial charge in [-0.05, 0) is 28.8 Å². The van der Waals surface area contributed by atoms with Crippen molar-refractivity contribution in [3.05, 3.63) is 88.9 Å². The Labute approximate surface area is 158 Å². The average molecular weight is 392 g/mol. The van der Waals surface area contributed by atoms with E-state index in [1.807, 2.05) is 0 Å². The van der Waals surface area contributed by atoms with Crippen LogP contribution in [0.5, 0.6) is 0 Å². The monoisotopic (exact) mass is 392 g/mol. The number of benzene rings is 2. The standard InChI is InChI=1S/C21H16F4O3/c1-28-13-18(20(26)27)17-9-5-4-7-14(17)6-2-3-8-15-10-11-16(22)12-19(15)21(23,24)25/h2-13H,1H3,(H,26,27)/b6-2+,8-3+,18-13+. The van der Waals surface area contributed by atoms with Crippen molar-refractivity contribution < 1.29 is 32.2 Å². The summed E-state index contributed by atoms with van der Waals surface area (Å²) in [5, 5.41) is 9.31. The number of carboxylic acid groups (broad SMARTS) is 1. The van der Waals surface area contributed by atoms with Crippen LogP contribution in [0.4, 0.5) is 17.6 Å². The Balaban J connectivity index is 2.33. The topological polar surface area (TPSA) is 46.5 Å². The number of hydrogen-bond donors (Lipinski definition) is 1. The molecule has 2 aromatic rings. The zero-order chi connectivity index (χ0) is 20.7. The minimum Gasteiger partial charge on any atom is -0.503 e. The largest absolute Gasteiger partial charge is 0.503 e. The summed E-state index contributed by atoms with van der Waals surface area (Å²) in [6.07, 6.45) is 1.99. The molecular formula is C21H16F4O3. The summed E-state index contributed by atoms with van der Waals surface area (Å²) in [7, 11) is 1.32. The van der Waals surface area contributed by atoms with Crippen molar-refractivity contribution in [2.24, 2.45) is 0 Å². The maximum absolute atomic E-state index is 13.1. The lowest BCUT2D eigenvalue weighted by atomic mass is 10.00. The van der Waals surface area contributed by atoms with Gasteiger partial charge in [-0.25, -0.2) is 9.18 Å². The fourth-order valence-corrected chi connectivity index (χ4v) is 2.47. The minimum absolute atomic E-state index is 0.0652. The van der Waals surface area contributed by atoms with Crippen LogP contribution in [-0.2, 0) is 15.7 Å². The third-order valence-electron chi connectivity index (χ3n) is 3.70. The van der Waals surface area contributed by atoms with Crippen molar-refractivity contribution in [3.8, 4) is 0 Å². The number of carbonyl (C=O) groups is 1. The second-order valence-electron chi connectivity index (χ2n) is 5.61. The maximum atomic E-state index is 13.1. The van der Waals surface area contributed by atoms with Gasteiger partial charge in [-0.1, -0.05) is 54.6 Å². The highest BCUT2D eigenvalue weighted by atomic mass is 19.4. The lowest BCUT2D eigenvalue weighted by Gasteiger charge is -2.10. The van der Waals surface area contributed by atoms with E-state index in [1.165, 1.54) is 25.3 Å². The Morgan fingerprint density at radius 2 is 1.68 bits per heavy atom. The molecule has 0 aliphatic heterocycles. The van der Waals surface area contributed by atoms with Gasteiger partial charge in [-0.2, -0.15) is 13.2 Å². The number of rotatable bonds is 6. The first-order chi connectivity index (χ1) is 13.2. The summed E-state index contributed by atoms with van der Waals surface area (Å²) in [5.41, 5.74) is -0.400. The molecule has 0 bridgehead atoms. The van der Waals surface area contributed by atoms with Gasteiger partial charge in [0.25, 0.3) is 0 Å². The first kappa shape index (κ1) is 21.0. The number of ether oxygens (including phenoxy) is 1. The van der Waals surface area contributed by atoms with Crippen LogP contribution >= 0.6 is 0 Å². The summed E-state index contributed by atoms with van der Waals surface area (Å²) in [6.45, 7) is 0. The van der Waals surface area contributed by atoms with E-state index in [0.717, 1.165) is 18.4 Å². The van der Waals surface area contributed by atoms with Gasteiger partial charge in [0.15, 0.2) is 0 Å². The highest BCUT2D eigenvalue weighted by Crippen LogP contribution is 2.33. The molecule has 0 atom stereocenters. The van der Waals surface area contributed by atoms with Crippen molar-refractivity contribution in [2.45, 2.75) is 6.18 Å². The quantitative estimate of drug-likeness (QED) is 0.299. The fourth-order valence-electron chi connectivity index (χ4n) is 2.47. The Bertz CT molecular complexity index is 941. The lowest BCUT2D eigenvalue weighted by molar-refractivity contribution is -0.138. The van der Waals surface area contributed by atoms with E-state index in [2.05, 4.69) is 0 Å². The predicted octanol–water partition coefficient (Wildman–Crippen LogP) is 5.64. The number of carboxylic acids is 1. The normalized spacial score (nSPS) is 12.7. The molecule has 2 aromatic carbocycles. The van der Waals surface area contributed by atoms with Crippen LogP contribution in [0.15, 0.2) is 60.9 Å². The molecular weight excluding hydrogens is 376 g/mol. The molecule has 0 saturated heterocycles.